The van der Waals surface area contributed by atoms with Gasteiger partial charge in [0.2, 0.25) is 11.8 Å². The second-order valence-electron chi connectivity index (χ2n) is 11.0. The van der Waals surface area contributed by atoms with Gasteiger partial charge in [0, 0.05) is 51.4 Å². The number of hydrogen-bond donors (Lipinski definition) is 2. The average Bonchev–Trinajstić information content (AvgIpc) is 3.70. The number of imidazole rings is 1. The first kappa shape index (κ1) is 30.6. The zero-order valence-electron chi connectivity index (χ0n) is 24.6. The summed E-state index contributed by atoms with van der Waals surface area (Å²) in [5.41, 5.74) is 1.33. The largest absolute Gasteiger partial charge is 0.376 e. The topological polar surface area (TPSA) is 109 Å². The third kappa shape index (κ3) is 7.51. The fraction of sp³-hybridized carbons (Fsp3) is 0.600. The van der Waals surface area contributed by atoms with Gasteiger partial charge in [0.25, 0.3) is 5.91 Å². The van der Waals surface area contributed by atoms with Crippen molar-refractivity contribution in [2.45, 2.75) is 83.6 Å². The number of aryl methyl sites for hydroxylation is 2. The van der Waals surface area contributed by atoms with Crippen LogP contribution in [0.2, 0.25) is 0 Å². The van der Waals surface area contributed by atoms with Crippen molar-refractivity contribution in [2.24, 2.45) is 0 Å². The van der Waals surface area contributed by atoms with Gasteiger partial charge in [-0.25, -0.2) is 9.37 Å². The van der Waals surface area contributed by atoms with Gasteiger partial charge in [-0.3, -0.25) is 14.4 Å². The Morgan fingerprint density at radius 3 is 2.61 bits per heavy atom. The number of ether oxygens (including phenoxy) is 1. The molecule has 0 spiro atoms. The molecule has 2 aliphatic heterocycles. The van der Waals surface area contributed by atoms with Crippen molar-refractivity contribution in [2.75, 3.05) is 33.3 Å². The van der Waals surface area contributed by atoms with E-state index in [1.807, 2.05) is 17.7 Å². The standard InChI is InChI=1S/C30H43FN6O4/c1-5-41-21(3)27(34-28(38)20(2)32-4)30(40)37-16-6-8-24(37)18-36(17-14-22-10-12-23(31)13-11-22)29(39)25-19-35-15-7-9-26(35)33-25/h10-13,19-21,24,27,32H,5-9,14-18H2,1-4H3,(H,34,38)/t20-,21+,24-,27-/m0/s1. The van der Waals surface area contributed by atoms with Gasteiger partial charge in [-0.05, 0) is 71.2 Å². The molecule has 224 valence electrons. The Bertz CT molecular complexity index is 1180. The number of hydrogen-bond acceptors (Lipinski definition) is 6. The minimum atomic E-state index is -0.849. The van der Waals surface area contributed by atoms with Crippen molar-refractivity contribution in [1.82, 2.24) is 30.0 Å². The number of nitrogens with zero attached hydrogens (tertiary/aromatic N) is 4. The summed E-state index contributed by atoms with van der Waals surface area (Å²) in [5.74, 6) is -0.0528. The van der Waals surface area contributed by atoms with E-state index in [9.17, 15) is 18.8 Å². The average molecular weight is 571 g/mol. The molecule has 4 atom stereocenters. The maximum absolute atomic E-state index is 13.9. The van der Waals surface area contributed by atoms with E-state index < -0.39 is 18.2 Å². The molecule has 0 unspecified atom stereocenters. The Morgan fingerprint density at radius 1 is 1.17 bits per heavy atom. The van der Waals surface area contributed by atoms with Crippen LogP contribution in [-0.4, -0.2) is 94.6 Å². The van der Waals surface area contributed by atoms with Crippen LogP contribution >= 0.6 is 0 Å². The quantitative estimate of drug-likeness (QED) is 0.382. The molecular weight excluding hydrogens is 527 g/mol. The van der Waals surface area contributed by atoms with Gasteiger partial charge in [0.15, 0.2) is 0 Å². The van der Waals surface area contributed by atoms with Crippen molar-refractivity contribution < 1.29 is 23.5 Å². The highest BCUT2D eigenvalue weighted by molar-refractivity contribution is 5.93. The lowest BCUT2D eigenvalue weighted by molar-refractivity contribution is -0.141. The molecule has 0 aliphatic carbocycles. The number of fused-ring (bicyclic) bond motifs is 1. The lowest BCUT2D eigenvalue weighted by Crippen LogP contribution is -2.58. The van der Waals surface area contributed by atoms with Crippen LogP contribution in [0.3, 0.4) is 0 Å². The molecule has 0 bridgehead atoms. The second-order valence-corrected chi connectivity index (χ2v) is 11.0. The molecule has 0 saturated carbocycles. The second kappa shape index (κ2) is 14.0. The minimum absolute atomic E-state index is 0.177. The summed E-state index contributed by atoms with van der Waals surface area (Å²) in [6.07, 6.45) is 5.26. The Balaban J connectivity index is 1.53. The highest BCUT2D eigenvalue weighted by atomic mass is 19.1. The number of aromatic nitrogens is 2. The van der Waals surface area contributed by atoms with Gasteiger partial charge in [-0.15, -0.1) is 0 Å². The van der Waals surface area contributed by atoms with E-state index in [4.69, 9.17) is 4.74 Å². The zero-order valence-corrected chi connectivity index (χ0v) is 24.6. The number of likely N-dealkylation sites (tertiary alicyclic amines) is 1. The Labute approximate surface area is 241 Å². The molecule has 2 aromatic rings. The summed E-state index contributed by atoms with van der Waals surface area (Å²) in [6.45, 7) is 7.92. The van der Waals surface area contributed by atoms with Crippen molar-refractivity contribution in [1.29, 1.82) is 0 Å². The van der Waals surface area contributed by atoms with Crippen molar-refractivity contribution in [3.63, 3.8) is 0 Å². The van der Waals surface area contributed by atoms with Crippen LogP contribution in [0.1, 0.15) is 61.9 Å². The van der Waals surface area contributed by atoms with E-state index in [1.54, 1.807) is 42.8 Å². The lowest BCUT2D eigenvalue weighted by Gasteiger charge is -2.34. The number of carbonyl (C=O) groups is 3. The number of benzene rings is 1. The number of nitrogens with one attached hydrogen (secondary N) is 2. The minimum Gasteiger partial charge on any atom is -0.376 e. The monoisotopic (exact) mass is 570 g/mol. The molecule has 10 nitrogen and oxygen atoms in total. The lowest BCUT2D eigenvalue weighted by atomic mass is 10.1. The maximum atomic E-state index is 13.9. The summed E-state index contributed by atoms with van der Waals surface area (Å²) in [5, 5.41) is 5.79. The van der Waals surface area contributed by atoms with Gasteiger partial charge in [0.05, 0.1) is 12.1 Å². The summed E-state index contributed by atoms with van der Waals surface area (Å²) in [7, 11) is 1.69. The van der Waals surface area contributed by atoms with E-state index in [0.717, 1.165) is 43.6 Å². The first-order valence-electron chi connectivity index (χ1n) is 14.7. The van der Waals surface area contributed by atoms with Crippen molar-refractivity contribution in [3.05, 3.63) is 53.4 Å². The molecule has 1 aromatic carbocycles. The first-order valence-corrected chi connectivity index (χ1v) is 14.7. The van der Waals surface area contributed by atoms with Gasteiger partial charge in [-0.1, -0.05) is 12.1 Å². The number of amides is 3. The predicted octanol–water partition coefficient (Wildman–Crippen LogP) is 2.16. The van der Waals surface area contributed by atoms with Gasteiger partial charge in [-0.2, -0.15) is 0 Å². The van der Waals surface area contributed by atoms with Crippen LogP contribution in [0, 0.1) is 5.82 Å². The maximum Gasteiger partial charge on any atom is 0.274 e. The Kier molecular flexibility index (Phi) is 10.5. The third-order valence-corrected chi connectivity index (χ3v) is 8.13. The van der Waals surface area contributed by atoms with Gasteiger partial charge < -0.3 is 29.7 Å². The van der Waals surface area contributed by atoms with E-state index in [0.29, 0.717) is 38.4 Å². The third-order valence-electron chi connectivity index (χ3n) is 8.13. The highest BCUT2D eigenvalue weighted by Gasteiger charge is 2.38. The molecule has 1 aromatic heterocycles. The van der Waals surface area contributed by atoms with Crippen LogP contribution in [0.4, 0.5) is 4.39 Å². The van der Waals surface area contributed by atoms with Gasteiger partial charge in [0.1, 0.15) is 23.4 Å². The fourth-order valence-corrected chi connectivity index (χ4v) is 5.61. The molecule has 3 amide bonds. The molecule has 0 radical (unpaired) electrons. The zero-order chi connectivity index (χ0) is 29.5. The molecular formula is C30H43FN6O4. The number of halogens is 1. The van der Waals surface area contributed by atoms with Crippen LogP contribution in [0.5, 0.6) is 0 Å². The molecule has 2 N–H and O–H groups in total. The number of rotatable bonds is 13. The Hall–Kier alpha value is -3.31. The summed E-state index contributed by atoms with van der Waals surface area (Å²) in [6, 6.07) is 4.75. The van der Waals surface area contributed by atoms with E-state index in [1.165, 1.54) is 12.1 Å². The predicted molar refractivity (Wildman–Crippen MR) is 153 cm³/mol. The van der Waals surface area contributed by atoms with Crippen LogP contribution in [0.15, 0.2) is 30.5 Å². The molecule has 1 fully saturated rings. The summed E-state index contributed by atoms with van der Waals surface area (Å²) in [4.78, 5) is 48.6. The SMILES string of the molecule is CCO[C@H](C)[C@H](NC(=O)[C@H](C)NC)C(=O)N1CCC[C@H]1CN(CCc1ccc(F)cc1)C(=O)c1cn2c(n1)CCC2. The number of likely N-dealkylation sites (N-methyl/N-ethyl adjacent to an activating group) is 1. The molecule has 4 rings (SSSR count). The van der Waals surface area contributed by atoms with Crippen LogP contribution < -0.4 is 10.6 Å². The summed E-state index contributed by atoms with van der Waals surface area (Å²) < 4.78 is 21.3. The first-order chi connectivity index (χ1) is 19.7. The van der Waals surface area contributed by atoms with Crippen LogP contribution in [-0.2, 0) is 33.7 Å². The normalized spacial score (nSPS) is 18.6. The smallest absolute Gasteiger partial charge is 0.274 e. The van der Waals surface area contributed by atoms with Gasteiger partial charge >= 0.3 is 0 Å². The highest BCUT2D eigenvalue weighted by Crippen LogP contribution is 2.23. The van der Waals surface area contributed by atoms with E-state index in [2.05, 4.69) is 15.6 Å². The molecule has 41 heavy (non-hydrogen) atoms. The van der Waals surface area contributed by atoms with E-state index in [-0.39, 0.29) is 29.6 Å². The van der Waals surface area contributed by atoms with Crippen molar-refractivity contribution in [3.8, 4) is 0 Å². The molecule has 1 saturated heterocycles. The molecule has 3 heterocycles. The molecule has 2 aliphatic rings. The van der Waals surface area contributed by atoms with Crippen LogP contribution in [0.25, 0.3) is 0 Å². The van der Waals surface area contributed by atoms with E-state index >= 15 is 0 Å². The Morgan fingerprint density at radius 2 is 1.93 bits per heavy atom. The summed E-state index contributed by atoms with van der Waals surface area (Å²) >= 11 is 0. The number of carbonyl (C=O) groups excluding carboxylic acids is 3. The van der Waals surface area contributed by atoms with Crippen molar-refractivity contribution >= 4 is 17.7 Å². The fourth-order valence-electron chi connectivity index (χ4n) is 5.61. The molecule has 11 heteroatoms.